The minimum absolute atomic E-state index is 0.148. The maximum Gasteiger partial charge on any atom is 0.0978 e. The third-order valence-corrected chi connectivity index (χ3v) is 4.47. The molecule has 0 aliphatic rings. The summed E-state index contributed by atoms with van der Waals surface area (Å²) in [4.78, 5) is 0. The van der Waals surface area contributed by atoms with E-state index in [2.05, 4.69) is 12.1 Å². The molecule has 3 heteroatoms. The van der Waals surface area contributed by atoms with Gasteiger partial charge in [0, 0.05) is 5.92 Å². The molecule has 0 saturated heterocycles. The first kappa shape index (κ1) is 17.7. The van der Waals surface area contributed by atoms with Crippen molar-refractivity contribution in [3.63, 3.8) is 0 Å². The Morgan fingerprint density at radius 3 is 2.00 bits per heavy atom. The second-order valence-corrected chi connectivity index (χ2v) is 6.79. The monoisotopic (exact) mass is 313 g/mol. The van der Waals surface area contributed by atoms with E-state index in [1.54, 1.807) is 14.1 Å². The van der Waals surface area contributed by atoms with Gasteiger partial charge in [-0.1, -0.05) is 67.6 Å². The van der Waals surface area contributed by atoms with Gasteiger partial charge in [0.25, 0.3) is 0 Å². The van der Waals surface area contributed by atoms with Gasteiger partial charge in [0.05, 0.1) is 26.2 Å². The van der Waals surface area contributed by atoms with E-state index in [0.29, 0.717) is 19.4 Å². The van der Waals surface area contributed by atoms with Crippen molar-refractivity contribution in [2.75, 3.05) is 20.6 Å². The molecule has 0 aliphatic heterocycles. The lowest BCUT2D eigenvalue weighted by molar-refractivity contribution is -0.845. The van der Waals surface area contributed by atoms with Crippen LogP contribution in [0.5, 0.6) is 0 Å². The van der Waals surface area contributed by atoms with E-state index < -0.39 is 10.2 Å². The lowest BCUT2D eigenvalue weighted by atomic mass is 9.76. The average Bonchev–Trinajstić information content (AvgIpc) is 2.54. The number of quaternary nitrogens is 1. The van der Waals surface area contributed by atoms with Crippen LogP contribution in [0.25, 0.3) is 0 Å². The van der Waals surface area contributed by atoms with Crippen LogP contribution >= 0.6 is 0 Å². The predicted molar refractivity (Wildman–Crippen MR) is 94.6 cm³/mol. The first-order chi connectivity index (χ1) is 10.8. The molecule has 2 atom stereocenters. The molecule has 0 aromatic heterocycles. The minimum atomic E-state index is -1.00. The van der Waals surface area contributed by atoms with Crippen molar-refractivity contribution in [1.82, 2.24) is 0 Å². The van der Waals surface area contributed by atoms with Crippen LogP contribution < -0.4 is 0 Å². The zero-order valence-corrected chi connectivity index (χ0v) is 14.3. The van der Waals surface area contributed by atoms with Crippen LogP contribution in [-0.4, -0.2) is 30.4 Å². The molecule has 0 aliphatic carbocycles. The highest BCUT2D eigenvalue weighted by Crippen LogP contribution is 2.36. The van der Waals surface area contributed by atoms with Crippen LogP contribution in [-0.2, 0) is 12.0 Å². The molecule has 0 unspecified atom stereocenters. The predicted octanol–water partition coefficient (Wildman–Crippen LogP) is 3.72. The molecule has 1 N–H and O–H groups in total. The van der Waals surface area contributed by atoms with Crippen molar-refractivity contribution >= 4 is 0 Å². The van der Waals surface area contributed by atoms with Gasteiger partial charge < -0.3 is 15.0 Å². The number of hydrogen-bond donors (Lipinski definition) is 1. The van der Waals surface area contributed by atoms with Crippen LogP contribution in [0.1, 0.15) is 24.5 Å². The lowest BCUT2D eigenvalue weighted by Crippen LogP contribution is -2.47. The van der Waals surface area contributed by atoms with Gasteiger partial charge in [-0.25, -0.2) is 0 Å². The molecule has 0 saturated carbocycles. The van der Waals surface area contributed by atoms with Gasteiger partial charge in [0.2, 0.25) is 0 Å². The molecule has 2 aromatic carbocycles. The van der Waals surface area contributed by atoms with E-state index in [0.717, 1.165) is 11.1 Å². The van der Waals surface area contributed by atoms with Crippen LogP contribution in [0.15, 0.2) is 60.7 Å². The number of rotatable bonds is 7. The van der Waals surface area contributed by atoms with Crippen LogP contribution in [0.3, 0.4) is 0 Å². The summed E-state index contributed by atoms with van der Waals surface area (Å²) in [5.41, 5.74) is 1.03. The molecule has 3 nitrogen and oxygen atoms in total. The van der Waals surface area contributed by atoms with Crippen molar-refractivity contribution in [3.05, 3.63) is 77.0 Å². The second kappa shape index (κ2) is 7.26. The Hall–Kier alpha value is -1.68. The van der Waals surface area contributed by atoms with Crippen molar-refractivity contribution in [2.24, 2.45) is 5.92 Å². The first-order valence-electron chi connectivity index (χ1n) is 8.21. The highest BCUT2D eigenvalue weighted by atomic mass is 16.5. The van der Waals surface area contributed by atoms with Crippen LogP contribution in [0.4, 0.5) is 0 Å². The molecule has 124 valence electrons. The third-order valence-electron chi connectivity index (χ3n) is 4.47. The van der Waals surface area contributed by atoms with E-state index >= 15 is 0 Å². The highest BCUT2D eigenvalue weighted by molar-refractivity contribution is 5.25. The summed E-state index contributed by atoms with van der Waals surface area (Å²) in [6.45, 7) is 2.35. The van der Waals surface area contributed by atoms with E-state index in [-0.39, 0.29) is 5.92 Å². The van der Waals surface area contributed by atoms with Gasteiger partial charge in [0.15, 0.2) is 0 Å². The zero-order valence-electron chi connectivity index (χ0n) is 14.3. The standard InChI is InChI=1S/C20H27NO2/c1-4-20(22,18-13-9-6-10-14-18)19(16-21(2,3)23)15-17-11-7-5-8-12-17/h5-14,19,22H,4,15-16H2,1-3H3/t19-,20-/m1/s1. The number of hydroxylamine groups is 3. The molecular formula is C20H27NO2. The van der Waals surface area contributed by atoms with Crippen LogP contribution in [0, 0.1) is 11.1 Å². The van der Waals surface area contributed by atoms with Gasteiger partial charge in [-0.3, -0.25) is 0 Å². The second-order valence-electron chi connectivity index (χ2n) is 6.79. The normalized spacial score (nSPS) is 15.9. The Balaban J connectivity index is 2.38. The zero-order chi connectivity index (χ0) is 16.9. The summed E-state index contributed by atoms with van der Waals surface area (Å²) in [5.74, 6) is -0.148. The van der Waals surface area contributed by atoms with Crippen molar-refractivity contribution < 1.29 is 9.75 Å². The quantitative estimate of drug-likeness (QED) is 0.625. The Kier molecular flexibility index (Phi) is 5.58. The summed E-state index contributed by atoms with van der Waals surface area (Å²) >= 11 is 0. The minimum Gasteiger partial charge on any atom is -0.633 e. The van der Waals surface area contributed by atoms with E-state index in [1.165, 1.54) is 0 Å². The molecule has 23 heavy (non-hydrogen) atoms. The molecule has 0 heterocycles. The van der Waals surface area contributed by atoms with Gasteiger partial charge in [-0.05, 0) is 24.0 Å². The van der Waals surface area contributed by atoms with Crippen molar-refractivity contribution in [2.45, 2.75) is 25.4 Å². The molecule has 0 amide bonds. The fourth-order valence-corrected chi connectivity index (χ4v) is 3.27. The van der Waals surface area contributed by atoms with Crippen LogP contribution in [0.2, 0.25) is 0 Å². The topological polar surface area (TPSA) is 43.3 Å². The molecule has 0 bridgehead atoms. The van der Waals surface area contributed by atoms with E-state index in [9.17, 15) is 10.3 Å². The maximum absolute atomic E-state index is 12.3. The Morgan fingerprint density at radius 1 is 1.00 bits per heavy atom. The molecule has 2 rings (SSSR count). The number of benzene rings is 2. The SMILES string of the molecule is CC[C@@](O)(c1ccccc1)[C@H](Cc1ccccc1)C[N+](C)(C)[O-]. The molecular weight excluding hydrogens is 286 g/mol. The van der Waals surface area contributed by atoms with Gasteiger partial charge in [0.1, 0.15) is 0 Å². The Labute approximate surface area is 139 Å². The maximum atomic E-state index is 12.3. The molecule has 0 fully saturated rings. The summed E-state index contributed by atoms with van der Waals surface area (Å²) in [5, 5.41) is 23.8. The van der Waals surface area contributed by atoms with E-state index in [1.807, 2.05) is 55.5 Å². The number of aliphatic hydroxyl groups is 1. The highest BCUT2D eigenvalue weighted by Gasteiger charge is 2.39. The molecule has 0 spiro atoms. The Bertz CT molecular complexity index is 592. The largest absolute Gasteiger partial charge is 0.633 e. The van der Waals surface area contributed by atoms with E-state index in [4.69, 9.17) is 0 Å². The van der Waals surface area contributed by atoms with Gasteiger partial charge in [-0.2, -0.15) is 0 Å². The number of nitrogens with zero attached hydrogens (tertiary/aromatic N) is 1. The summed E-state index contributed by atoms with van der Waals surface area (Å²) in [6, 6.07) is 19.8. The fraction of sp³-hybridized carbons (Fsp3) is 0.400. The fourth-order valence-electron chi connectivity index (χ4n) is 3.27. The van der Waals surface area contributed by atoms with Crippen molar-refractivity contribution in [3.8, 4) is 0 Å². The van der Waals surface area contributed by atoms with Crippen molar-refractivity contribution in [1.29, 1.82) is 0 Å². The lowest BCUT2D eigenvalue weighted by Gasteiger charge is -2.43. The van der Waals surface area contributed by atoms with Gasteiger partial charge >= 0.3 is 0 Å². The summed E-state index contributed by atoms with van der Waals surface area (Å²) in [6.07, 6.45) is 1.26. The average molecular weight is 313 g/mol. The molecule has 2 aromatic rings. The Morgan fingerprint density at radius 2 is 1.52 bits per heavy atom. The summed E-state index contributed by atoms with van der Waals surface area (Å²) in [7, 11) is 3.28. The smallest absolute Gasteiger partial charge is 0.0978 e. The third kappa shape index (κ3) is 4.64. The molecule has 0 radical (unpaired) electrons. The summed E-state index contributed by atoms with van der Waals surface area (Å²) < 4.78 is -0.410. The number of hydrogen-bond acceptors (Lipinski definition) is 2. The van der Waals surface area contributed by atoms with Gasteiger partial charge in [-0.15, -0.1) is 0 Å². The first-order valence-corrected chi connectivity index (χ1v) is 8.21.